The maximum absolute atomic E-state index is 12.9. The summed E-state index contributed by atoms with van der Waals surface area (Å²) in [6.45, 7) is 0. The number of amides is 1. The Balaban J connectivity index is 1.89. The van der Waals surface area contributed by atoms with Crippen molar-refractivity contribution in [2.75, 3.05) is 0 Å². The number of thiazole rings is 1. The summed E-state index contributed by atoms with van der Waals surface area (Å²) in [4.78, 5) is 29.1. The molecule has 154 valence electrons. The predicted octanol–water partition coefficient (Wildman–Crippen LogP) is 5.72. The Bertz CT molecular complexity index is 1350. The van der Waals surface area contributed by atoms with Crippen molar-refractivity contribution >= 4 is 34.5 Å². The van der Waals surface area contributed by atoms with Gasteiger partial charge >= 0.3 is 0 Å². The summed E-state index contributed by atoms with van der Waals surface area (Å²) < 4.78 is 1.85. The van der Waals surface area contributed by atoms with Crippen LogP contribution in [0.15, 0.2) is 83.9 Å². The van der Waals surface area contributed by atoms with E-state index in [2.05, 4.69) is 4.99 Å². The van der Waals surface area contributed by atoms with Gasteiger partial charge in [-0.05, 0) is 17.2 Å². The number of hydrogen-bond acceptors (Lipinski definition) is 4. The summed E-state index contributed by atoms with van der Waals surface area (Å²) in [5.41, 5.74) is 2.69. The van der Waals surface area contributed by atoms with Crippen molar-refractivity contribution in [2.24, 2.45) is 12.0 Å². The largest absolute Gasteiger partial charge is 0.319 e. The Morgan fingerprint density at radius 1 is 1.00 bits per heavy atom. The van der Waals surface area contributed by atoms with Crippen molar-refractivity contribution in [1.29, 1.82) is 0 Å². The monoisotopic (exact) mass is 449 g/mol. The van der Waals surface area contributed by atoms with E-state index >= 15 is 0 Å². The third kappa shape index (κ3) is 4.19. The second-order valence-electron chi connectivity index (χ2n) is 6.69. The Morgan fingerprint density at radius 3 is 2.23 bits per heavy atom. The summed E-state index contributed by atoms with van der Waals surface area (Å²) in [5.74, 6) is -0.634. The maximum Gasteiger partial charge on any atom is 0.281 e. The number of carbonyl (C=O) groups is 1. The molecule has 31 heavy (non-hydrogen) atoms. The molecule has 0 aliphatic carbocycles. The number of nitro benzene ring substituents is 1. The van der Waals surface area contributed by atoms with Crippen LogP contribution in [0.25, 0.3) is 21.7 Å². The molecule has 3 aromatic carbocycles. The maximum atomic E-state index is 12.9. The van der Waals surface area contributed by atoms with Crippen LogP contribution in [0, 0.1) is 10.1 Å². The van der Waals surface area contributed by atoms with E-state index < -0.39 is 10.8 Å². The molecule has 0 N–H and O–H groups in total. The molecule has 0 bridgehead atoms. The number of rotatable bonds is 4. The lowest BCUT2D eigenvalue weighted by Crippen LogP contribution is -2.14. The van der Waals surface area contributed by atoms with Crippen molar-refractivity contribution in [3.63, 3.8) is 0 Å². The molecule has 1 aromatic heterocycles. The minimum atomic E-state index is -0.634. The Morgan fingerprint density at radius 2 is 1.61 bits per heavy atom. The number of halogens is 1. The molecule has 4 aromatic rings. The highest BCUT2D eigenvalue weighted by Gasteiger charge is 2.18. The smallest absolute Gasteiger partial charge is 0.281 e. The van der Waals surface area contributed by atoms with Crippen LogP contribution in [0.5, 0.6) is 0 Å². The average Bonchev–Trinajstić information content (AvgIpc) is 3.11. The third-order valence-corrected chi connectivity index (χ3v) is 6.21. The van der Waals surface area contributed by atoms with E-state index in [0.717, 1.165) is 27.8 Å². The number of aromatic nitrogens is 1. The van der Waals surface area contributed by atoms with Crippen LogP contribution < -0.4 is 4.80 Å². The molecule has 4 rings (SSSR count). The van der Waals surface area contributed by atoms with Crippen molar-refractivity contribution in [1.82, 2.24) is 4.57 Å². The number of nitrogens with zero attached hydrogens (tertiary/aromatic N) is 3. The third-order valence-electron chi connectivity index (χ3n) is 4.70. The van der Waals surface area contributed by atoms with Crippen LogP contribution in [-0.4, -0.2) is 15.4 Å². The summed E-state index contributed by atoms with van der Waals surface area (Å²) in [5, 5.41) is 11.2. The molecule has 0 atom stereocenters. The van der Waals surface area contributed by atoms with Crippen LogP contribution in [0.3, 0.4) is 0 Å². The van der Waals surface area contributed by atoms with Crippen LogP contribution in [0.4, 0.5) is 5.69 Å². The molecule has 0 saturated carbocycles. The van der Waals surface area contributed by atoms with E-state index in [4.69, 9.17) is 11.6 Å². The average molecular weight is 450 g/mol. The topological polar surface area (TPSA) is 77.5 Å². The fourth-order valence-electron chi connectivity index (χ4n) is 3.20. The Kier molecular flexibility index (Phi) is 5.79. The lowest BCUT2D eigenvalue weighted by Gasteiger charge is -2.07. The van der Waals surface area contributed by atoms with Crippen LogP contribution in [0.2, 0.25) is 5.02 Å². The van der Waals surface area contributed by atoms with Gasteiger partial charge in [-0.15, -0.1) is 0 Å². The van der Waals surface area contributed by atoms with E-state index in [0.29, 0.717) is 4.80 Å². The van der Waals surface area contributed by atoms with Crippen LogP contribution in [-0.2, 0) is 7.05 Å². The number of nitro groups is 1. The number of benzene rings is 3. The summed E-state index contributed by atoms with van der Waals surface area (Å²) in [7, 11) is 1.84. The highest BCUT2D eigenvalue weighted by atomic mass is 35.5. The first kappa shape index (κ1) is 20.7. The minimum absolute atomic E-state index is 0.00760. The zero-order valence-corrected chi connectivity index (χ0v) is 17.9. The van der Waals surface area contributed by atoms with Gasteiger partial charge in [-0.25, -0.2) is 0 Å². The highest BCUT2D eigenvalue weighted by Crippen LogP contribution is 2.34. The van der Waals surface area contributed by atoms with Crippen molar-refractivity contribution in [3.8, 4) is 21.7 Å². The molecule has 8 heteroatoms. The van der Waals surface area contributed by atoms with E-state index in [1.54, 1.807) is 0 Å². The molecule has 1 amide bonds. The SMILES string of the molecule is Cn1c(-c2ccccc2)c(-c2ccccc2)sc1=NC(=O)c1cc([N+](=O)[O-])ccc1Cl. The van der Waals surface area contributed by atoms with Gasteiger partial charge in [0.05, 0.1) is 26.1 Å². The van der Waals surface area contributed by atoms with Crippen LogP contribution in [0.1, 0.15) is 10.4 Å². The van der Waals surface area contributed by atoms with Gasteiger partial charge in [0, 0.05) is 19.2 Å². The first-order valence-corrected chi connectivity index (χ1v) is 10.5. The van der Waals surface area contributed by atoms with Gasteiger partial charge in [-0.1, -0.05) is 83.6 Å². The van der Waals surface area contributed by atoms with Crippen molar-refractivity contribution in [2.45, 2.75) is 0 Å². The summed E-state index contributed by atoms with van der Waals surface area (Å²) in [6.07, 6.45) is 0. The zero-order chi connectivity index (χ0) is 22.0. The van der Waals surface area contributed by atoms with E-state index in [-0.39, 0.29) is 16.3 Å². The van der Waals surface area contributed by atoms with Gasteiger partial charge in [0.1, 0.15) is 0 Å². The number of carbonyl (C=O) groups excluding carboxylic acids is 1. The quantitative estimate of drug-likeness (QED) is 0.295. The first-order valence-electron chi connectivity index (χ1n) is 9.29. The highest BCUT2D eigenvalue weighted by molar-refractivity contribution is 7.13. The van der Waals surface area contributed by atoms with Crippen molar-refractivity contribution < 1.29 is 9.72 Å². The predicted molar refractivity (Wildman–Crippen MR) is 122 cm³/mol. The molecule has 0 aliphatic rings. The minimum Gasteiger partial charge on any atom is -0.319 e. The fourth-order valence-corrected chi connectivity index (χ4v) is 4.54. The molecule has 0 unspecified atom stereocenters. The molecule has 0 radical (unpaired) electrons. The van der Waals surface area contributed by atoms with Gasteiger partial charge in [-0.3, -0.25) is 14.9 Å². The van der Waals surface area contributed by atoms with Gasteiger partial charge in [0.15, 0.2) is 4.80 Å². The number of non-ortho nitro benzene ring substituents is 1. The second-order valence-corrected chi connectivity index (χ2v) is 8.08. The van der Waals surface area contributed by atoms with E-state index in [1.807, 2.05) is 72.3 Å². The van der Waals surface area contributed by atoms with Gasteiger partial charge in [-0.2, -0.15) is 4.99 Å². The molecular formula is C23H16ClN3O3S. The zero-order valence-electron chi connectivity index (χ0n) is 16.4. The second kappa shape index (κ2) is 8.67. The number of hydrogen-bond donors (Lipinski definition) is 0. The molecule has 0 fully saturated rings. The Labute approximate surface area is 186 Å². The lowest BCUT2D eigenvalue weighted by atomic mass is 10.1. The van der Waals surface area contributed by atoms with Gasteiger partial charge in [0.2, 0.25) is 0 Å². The summed E-state index contributed by atoms with van der Waals surface area (Å²) in [6, 6.07) is 23.4. The Hall–Kier alpha value is -3.55. The van der Waals surface area contributed by atoms with Crippen molar-refractivity contribution in [3.05, 3.63) is 104 Å². The van der Waals surface area contributed by atoms with E-state index in [1.165, 1.54) is 23.5 Å². The summed E-state index contributed by atoms with van der Waals surface area (Å²) >= 11 is 7.50. The van der Waals surface area contributed by atoms with Gasteiger partial charge in [0.25, 0.3) is 11.6 Å². The molecule has 0 saturated heterocycles. The standard InChI is InChI=1S/C23H16ClN3O3S/c1-26-20(15-8-4-2-5-9-15)21(16-10-6-3-7-11-16)31-23(26)25-22(28)18-14-17(27(29)30)12-13-19(18)24/h2-14H,1H3. The molecule has 0 spiro atoms. The molecular weight excluding hydrogens is 434 g/mol. The van der Waals surface area contributed by atoms with E-state index in [9.17, 15) is 14.9 Å². The fraction of sp³-hybridized carbons (Fsp3) is 0.0435. The molecule has 0 aliphatic heterocycles. The van der Waals surface area contributed by atoms with Gasteiger partial charge < -0.3 is 4.57 Å². The van der Waals surface area contributed by atoms with Crippen LogP contribution >= 0.6 is 22.9 Å². The molecule has 1 heterocycles. The lowest BCUT2D eigenvalue weighted by molar-refractivity contribution is -0.384. The first-order chi connectivity index (χ1) is 15.0. The normalized spacial score (nSPS) is 11.5. The molecule has 6 nitrogen and oxygen atoms in total.